The number of nitrogens with one attached hydrogen (secondary N) is 1. The van der Waals surface area contributed by atoms with Gasteiger partial charge in [-0.15, -0.1) is 0 Å². The second kappa shape index (κ2) is 5.50. The highest BCUT2D eigenvalue weighted by Crippen LogP contribution is 2.38. The van der Waals surface area contributed by atoms with Gasteiger partial charge in [0.2, 0.25) is 0 Å². The van der Waals surface area contributed by atoms with Gasteiger partial charge in [-0.3, -0.25) is 0 Å². The molecule has 2 atom stereocenters. The number of aryl methyl sites for hydroxylation is 1. The van der Waals surface area contributed by atoms with Crippen molar-refractivity contribution in [1.82, 2.24) is 0 Å². The summed E-state index contributed by atoms with van der Waals surface area (Å²) in [6, 6.07) is 6.16. The molecule has 0 saturated heterocycles. The monoisotopic (exact) mass is 266 g/mol. The van der Waals surface area contributed by atoms with E-state index in [-0.39, 0.29) is 5.54 Å². The SMILES string of the molecule is CCC1CCC(CN)(Nc2ccc(C)c(Cl)c2)C1. The minimum absolute atomic E-state index is 0.0687. The lowest BCUT2D eigenvalue weighted by Gasteiger charge is -2.31. The van der Waals surface area contributed by atoms with Crippen molar-refractivity contribution in [2.45, 2.75) is 45.1 Å². The van der Waals surface area contributed by atoms with Crippen LogP contribution in [0.3, 0.4) is 0 Å². The molecule has 2 rings (SSSR count). The second-order valence-corrected chi connectivity index (χ2v) is 6.00. The van der Waals surface area contributed by atoms with Gasteiger partial charge < -0.3 is 11.1 Å². The van der Waals surface area contributed by atoms with Crippen LogP contribution in [0.25, 0.3) is 0 Å². The molecule has 3 heteroatoms. The molecule has 0 bridgehead atoms. The van der Waals surface area contributed by atoms with Crippen molar-refractivity contribution in [3.63, 3.8) is 0 Å². The normalized spacial score (nSPS) is 27.4. The fourth-order valence-corrected chi connectivity index (χ4v) is 3.09. The molecular weight excluding hydrogens is 244 g/mol. The van der Waals surface area contributed by atoms with Crippen LogP contribution in [0.1, 0.15) is 38.2 Å². The molecule has 0 amide bonds. The maximum atomic E-state index is 6.17. The maximum absolute atomic E-state index is 6.17. The Morgan fingerprint density at radius 2 is 2.28 bits per heavy atom. The van der Waals surface area contributed by atoms with Gasteiger partial charge in [0.15, 0.2) is 0 Å². The van der Waals surface area contributed by atoms with Gasteiger partial charge in [-0.25, -0.2) is 0 Å². The summed E-state index contributed by atoms with van der Waals surface area (Å²) in [6.07, 6.45) is 4.86. The van der Waals surface area contributed by atoms with Crippen LogP contribution >= 0.6 is 11.6 Å². The van der Waals surface area contributed by atoms with Crippen LogP contribution in [0.4, 0.5) is 5.69 Å². The molecule has 18 heavy (non-hydrogen) atoms. The van der Waals surface area contributed by atoms with Crippen LogP contribution in [0.5, 0.6) is 0 Å². The largest absolute Gasteiger partial charge is 0.378 e. The number of anilines is 1. The molecule has 1 aliphatic rings. The summed E-state index contributed by atoms with van der Waals surface area (Å²) >= 11 is 6.17. The number of benzene rings is 1. The highest BCUT2D eigenvalue weighted by atomic mass is 35.5. The maximum Gasteiger partial charge on any atom is 0.0498 e. The molecule has 0 radical (unpaired) electrons. The van der Waals surface area contributed by atoms with Crippen molar-refractivity contribution in [3.8, 4) is 0 Å². The zero-order valence-corrected chi connectivity index (χ0v) is 12.1. The third kappa shape index (κ3) is 2.81. The molecule has 1 fully saturated rings. The molecule has 1 saturated carbocycles. The van der Waals surface area contributed by atoms with Crippen LogP contribution in [0.2, 0.25) is 5.02 Å². The quantitative estimate of drug-likeness (QED) is 0.865. The van der Waals surface area contributed by atoms with Gasteiger partial charge in [0.25, 0.3) is 0 Å². The molecule has 100 valence electrons. The number of hydrogen-bond donors (Lipinski definition) is 2. The molecule has 3 N–H and O–H groups in total. The van der Waals surface area contributed by atoms with E-state index in [0.29, 0.717) is 6.54 Å². The van der Waals surface area contributed by atoms with Gasteiger partial charge in [0.1, 0.15) is 0 Å². The molecule has 0 spiro atoms. The Balaban J connectivity index is 2.13. The van der Waals surface area contributed by atoms with Crippen molar-refractivity contribution < 1.29 is 0 Å². The van der Waals surface area contributed by atoms with E-state index in [2.05, 4.69) is 24.4 Å². The summed E-state index contributed by atoms with van der Waals surface area (Å²) < 4.78 is 0. The van der Waals surface area contributed by atoms with Gasteiger partial charge in [-0.1, -0.05) is 31.0 Å². The fraction of sp³-hybridized carbons (Fsp3) is 0.600. The van der Waals surface area contributed by atoms with E-state index in [1.807, 2.05) is 13.0 Å². The number of halogens is 1. The highest BCUT2D eigenvalue weighted by Gasteiger charge is 2.37. The van der Waals surface area contributed by atoms with Crippen molar-refractivity contribution in [2.75, 3.05) is 11.9 Å². The zero-order chi connectivity index (χ0) is 13.2. The number of rotatable bonds is 4. The summed E-state index contributed by atoms with van der Waals surface area (Å²) in [7, 11) is 0. The first-order chi connectivity index (χ1) is 8.58. The van der Waals surface area contributed by atoms with E-state index in [1.54, 1.807) is 0 Å². The van der Waals surface area contributed by atoms with Crippen LogP contribution in [-0.4, -0.2) is 12.1 Å². The summed E-state index contributed by atoms with van der Waals surface area (Å²) in [6.45, 7) is 4.97. The van der Waals surface area contributed by atoms with Gasteiger partial charge in [-0.2, -0.15) is 0 Å². The van der Waals surface area contributed by atoms with Crippen LogP contribution in [-0.2, 0) is 0 Å². The Labute approximate surface area is 115 Å². The smallest absolute Gasteiger partial charge is 0.0498 e. The number of nitrogens with two attached hydrogens (primary N) is 1. The molecule has 2 unspecified atom stereocenters. The number of hydrogen-bond acceptors (Lipinski definition) is 2. The Kier molecular flexibility index (Phi) is 4.18. The molecule has 0 heterocycles. The molecule has 2 nitrogen and oxygen atoms in total. The minimum atomic E-state index is 0.0687. The predicted molar refractivity (Wildman–Crippen MR) is 79.2 cm³/mol. The molecule has 1 aliphatic carbocycles. The van der Waals surface area contributed by atoms with E-state index < -0.39 is 0 Å². The first-order valence-corrected chi connectivity index (χ1v) is 7.21. The molecule has 1 aromatic rings. The standard InChI is InChI=1S/C15H23ClN2/c1-3-12-6-7-15(9-12,10-17)18-13-5-4-11(2)14(16)8-13/h4-5,8,12,18H,3,6-7,9-10,17H2,1-2H3. The van der Waals surface area contributed by atoms with E-state index in [1.165, 1.54) is 19.3 Å². The van der Waals surface area contributed by atoms with Crippen LogP contribution < -0.4 is 11.1 Å². The average Bonchev–Trinajstić information content (AvgIpc) is 2.78. The first-order valence-electron chi connectivity index (χ1n) is 6.83. The summed E-state index contributed by atoms with van der Waals surface area (Å²) in [5, 5.41) is 4.44. The zero-order valence-electron chi connectivity index (χ0n) is 11.3. The second-order valence-electron chi connectivity index (χ2n) is 5.59. The lowest BCUT2D eigenvalue weighted by atomic mass is 9.94. The Hall–Kier alpha value is -0.730. The van der Waals surface area contributed by atoms with Gasteiger partial charge in [-0.05, 0) is 49.8 Å². The van der Waals surface area contributed by atoms with E-state index in [4.69, 9.17) is 17.3 Å². The van der Waals surface area contributed by atoms with Gasteiger partial charge >= 0.3 is 0 Å². The Bertz CT molecular complexity index is 419. The third-order valence-electron chi connectivity index (χ3n) is 4.26. The van der Waals surface area contributed by atoms with Gasteiger partial charge in [0.05, 0.1) is 0 Å². The topological polar surface area (TPSA) is 38.0 Å². The lowest BCUT2D eigenvalue weighted by Crippen LogP contribution is -2.43. The molecule has 1 aromatic carbocycles. The summed E-state index contributed by atoms with van der Waals surface area (Å²) in [5.41, 5.74) is 8.28. The minimum Gasteiger partial charge on any atom is -0.378 e. The molecular formula is C15H23ClN2. The van der Waals surface area contributed by atoms with Crippen LogP contribution in [0.15, 0.2) is 18.2 Å². The van der Waals surface area contributed by atoms with E-state index in [0.717, 1.165) is 28.6 Å². The van der Waals surface area contributed by atoms with Crippen molar-refractivity contribution in [3.05, 3.63) is 28.8 Å². The first kappa shape index (κ1) is 13.7. The van der Waals surface area contributed by atoms with Crippen LogP contribution in [0, 0.1) is 12.8 Å². The van der Waals surface area contributed by atoms with Crippen molar-refractivity contribution >= 4 is 17.3 Å². The Morgan fingerprint density at radius 3 is 2.83 bits per heavy atom. The Morgan fingerprint density at radius 1 is 1.50 bits per heavy atom. The van der Waals surface area contributed by atoms with Crippen molar-refractivity contribution in [1.29, 1.82) is 0 Å². The third-order valence-corrected chi connectivity index (χ3v) is 4.67. The van der Waals surface area contributed by atoms with Gasteiger partial charge in [0, 0.05) is 22.8 Å². The molecule has 0 aromatic heterocycles. The highest BCUT2D eigenvalue weighted by molar-refractivity contribution is 6.31. The van der Waals surface area contributed by atoms with Crippen molar-refractivity contribution in [2.24, 2.45) is 11.7 Å². The van der Waals surface area contributed by atoms with E-state index >= 15 is 0 Å². The predicted octanol–water partition coefficient (Wildman–Crippen LogP) is 3.97. The lowest BCUT2D eigenvalue weighted by molar-refractivity contribution is 0.450. The fourth-order valence-electron chi connectivity index (χ4n) is 2.91. The molecule has 0 aliphatic heterocycles. The summed E-state index contributed by atoms with van der Waals surface area (Å²) in [4.78, 5) is 0. The van der Waals surface area contributed by atoms with E-state index in [9.17, 15) is 0 Å². The average molecular weight is 267 g/mol. The summed E-state index contributed by atoms with van der Waals surface area (Å²) in [5.74, 6) is 0.807.